The second kappa shape index (κ2) is 8.07. The van der Waals surface area contributed by atoms with Crippen molar-refractivity contribution in [2.45, 2.75) is 25.1 Å². The smallest absolute Gasteiger partial charge is 0.416 e. The lowest BCUT2D eigenvalue weighted by Crippen LogP contribution is -2.16. The molecule has 0 fully saturated rings. The zero-order valence-electron chi connectivity index (χ0n) is 16.3. The van der Waals surface area contributed by atoms with Crippen LogP contribution in [0.15, 0.2) is 60.7 Å². The lowest BCUT2D eigenvalue weighted by molar-refractivity contribution is -0.137. The molecule has 160 valence electrons. The fourth-order valence-electron chi connectivity index (χ4n) is 3.86. The fraction of sp³-hybridized carbons (Fsp3) is 0.208. The van der Waals surface area contributed by atoms with Gasteiger partial charge in [-0.05, 0) is 34.9 Å². The highest BCUT2D eigenvalue weighted by molar-refractivity contribution is 5.97. The Bertz CT molecular complexity index is 1120. The highest BCUT2D eigenvalue weighted by Gasteiger charge is 2.33. The molecule has 0 amide bonds. The van der Waals surface area contributed by atoms with Crippen LogP contribution >= 0.6 is 0 Å². The van der Waals surface area contributed by atoms with Crippen molar-refractivity contribution in [1.29, 1.82) is 0 Å². The molecule has 3 aromatic rings. The first kappa shape index (κ1) is 20.9. The number of carboxylic acid groups (broad SMARTS) is 1. The van der Waals surface area contributed by atoms with E-state index in [1.54, 1.807) is 12.1 Å². The Balaban J connectivity index is 1.97. The van der Waals surface area contributed by atoms with E-state index in [2.05, 4.69) is 0 Å². The van der Waals surface area contributed by atoms with Crippen molar-refractivity contribution in [1.82, 2.24) is 0 Å². The molecule has 0 bridgehead atoms. The van der Waals surface area contributed by atoms with Gasteiger partial charge in [-0.1, -0.05) is 42.5 Å². The molecule has 1 aliphatic heterocycles. The topological polar surface area (TPSA) is 66.8 Å². The standard InChI is InChI=1S/C24H19F3O4/c25-24(26,27)15-6-7-17(23(29)30)19(13-15)16-8-9-18-21(28)10-11-31-22(18)20(16)12-14-4-2-1-3-5-14/h1-9,13,21,28H,10-12H2,(H,29,30). The van der Waals surface area contributed by atoms with Crippen LogP contribution in [0.2, 0.25) is 0 Å². The summed E-state index contributed by atoms with van der Waals surface area (Å²) in [4.78, 5) is 11.8. The van der Waals surface area contributed by atoms with Gasteiger partial charge in [0.05, 0.1) is 23.8 Å². The zero-order chi connectivity index (χ0) is 22.2. The van der Waals surface area contributed by atoms with Gasteiger partial charge in [-0.25, -0.2) is 4.79 Å². The lowest BCUT2D eigenvalue weighted by atomic mass is 9.87. The van der Waals surface area contributed by atoms with Crippen molar-refractivity contribution in [3.05, 3.63) is 88.5 Å². The molecule has 4 nitrogen and oxygen atoms in total. The van der Waals surface area contributed by atoms with Crippen LogP contribution in [0.4, 0.5) is 13.2 Å². The van der Waals surface area contributed by atoms with Gasteiger partial charge in [-0.3, -0.25) is 0 Å². The lowest BCUT2D eigenvalue weighted by Gasteiger charge is -2.27. The van der Waals surface area contributed by atoms with Crippen LogP contribution < -0.4 is 4.74 Å². The minimum absolute atomic E-state index is 0.0419. The highest BCUT2D eigenvalue weighted by Crippen LogP contribution is 2.43. The largest absolute Gasteiger partial charge is 0.493 e. The number of aliphatic hydroxyl groups is 1. The van der Waals surface area contributed by atoms with Crippen LogP contribution in [0.1, 0.15) is 45.1 Å². The maximum atomic E-state index is 13.4. The summed E-state index contributed by atoms with van der Waals surface area (Å²) in [7, 11) is 0. The van der Waals surface area contributed by atoms with Crippen LogP contribution in [0.5, 0.6) is 5.75 Å². The van der Waals surface area contributed by atoms with Gasteiger partial charge in [0, 0.05) is 24.0 Å². The predicted molar refractivity (Wildman–Crippen MR) is 108 cm³/mol. The minimum Gasteiger partial charge on any atom is -0.493 e. The molecule has 1 aliphatic rings. The van der Waals surface area contributed by atoms with Gasteiger partial charge >= 0.3 is 12.1 Å². The number of benzene rings is 3. The molecule has 1 atom stereocenters. The number of ether oxygens (including phenoxy) is 1. The van der Waals surface area contributed by atoms with Crippen molar-refractivity contribution < 1.29 is 32.9 Å². The van der Waals surface area contributed by atoms with Gasteiger partial charge in [0.25, 0.3) is 0 Å². The van der Waals surface area contributed by atoms with Gasteiger partial charge < -0.3 is 14.9 Å². The molecule has 0 saturated heterocycles. The van der Waals surface area contributed by atoms with E-state index in [0.29, 0.717) is 35.3 Å². The molecular formula is C24H19F3O4. The average molecular weight is 428 g/mol. The molecule has 4 rings (SSSR count). The van der Waals surface area contributed by atoms with E-state index in [9.17, 15) is 28.2 Å². The number of carbonyl (C=O) groups is 1. The number of rotatable bonds is 4. The number of fused-ring (bicyclic) bond motifs is 1. The van der Waals surface area contributed by atoms with E-state index in [0.717, 1.165) is 23.8 Å². The zero-order valence-corrected chi connectivity index (χ0v) is 16.3. The van der Waals surface area contributed by atoms with Crippen molar-refractivity contribution in [2.24, 2.45) is 0 Å². The van der Waals surface area contributed by atoms with Crippen molar-refractivity contribution in [3.8, 4) is 16.9 Å². The van der Waals surface area contributed by atoms with E-state index in [1.807, 2.05) is 30.3 Å². The molecule has 0 aromatic heterocycles. The number of aliphatic hydroxyl groups excluding tert-OH is 1. The summed E-state index contributed by atoms with van der Waals surface area (Å²) in [6.45, 7) is 0.258. The molecule has 0 radical (unpaired) electrons. The normalized spacial score (nSPS) is 15.8. The summed E-state index contributed by atoms with van der Waals surface area (Å²) in [5.41, 5.74) is 1.09. The summed E-state index contributed by atoms with van der Waals surface area (Å²) >= 11 is 0. The number of hydrogen-bond donors (Lipinski definition) is 2. The molecule has 3 aromatic carbocycles. The second-order valence-electron chi connectivity index (χ2n) is 7.39. The monoisotopic (exact) mass is 428 g/mol. The van der Waals surface area contributed by atoms with Crippen LogP contribution in [-0.2, 0) is 12.6 Å². The molecule has 2 N–H and O–H groups in total. The first-order valence-corrected chi connectivity index (χ1v) is 9.71. The number of carboxylic acids is 1. The Hall–Kier alpha value is -3.32. The van der Waals surface area contributed by atoms with Crippen molar-refractivity contribution >= 4 is 5.97 Å². The Labute approximate surface area is 176 Å². The summed E-state index contributed by atoms with van der Waals surface area (Å²) in [5.74, 6) is -0.929. The third-order valence-corrected chi connectivity index (χ3v) is 5.38. The van der Waals surface area contributed by atoms with Gasteiger partial charge in [0.2, 0.25) is 0 Å². The number of halogens is 3. The summed E-state index contributed by atoms with van der Waals surface area (Å²) < 4.78 is 46.0. The molecule has 0 aliphatic carbocycles. The van der Waals surface area contributed by atoms with Gasteiger partial charge in [0.1, 0.15) is 5.75 Å². The van der Waals surface area contributed by atoms with Gasteiger partial charge in [-0.2, -0.15) is 13.2 Å². The minimum atomic E-state index is -4.62. The average Bonchev–Trinajstić information content (AvgIpc) is 2.74. The van der Waals surface area contributed by atoms with Crippen LogP contribution in [0, 0.1) is 0 Å². The van der Waals surface area contributed by atoms with Crippen molar-refractivity contribution in [2.75, 3.05) is 6.61 Å². The van der Waals surface area contributed by atoms with Crippen molar-refractivity contribution in [3.63, 3.8) is 0 Å². The molecular weight excluding hydrogens is 409 g/mol. The first-order chi connectivity index (χ1) is 14.8. The Morgan fingerprint density at radius 1 is 1.03 bits per heavy atom. The predicted octanol–water partition coefficient (Wildman–Crippen LogP) is 5.48. The number of aromatic carboxylic acids is 1. The van der Waals surface area contributed by atoms with Crippen LogP contribution in [-0.4, -0.2) is 22.8 Å². The Kier molecular flexibility index (Phi) is 5.45. The molecule has 31 heavy (non-hydrogen) atoms. The molecule has 7 heteroatoms. The maximum absolute atomic E-state index is 13.4. The maximum Gasteiger partial charge on any atom is 0.416 e. The highest BCUT2D eigenvalue weighted by atomic mass is 19.4. The van der Waals surface area contributed by atoms with Crippen LogP contribution in [0.25, 0.3) is 11.1 Å². The molecule has 0 saturated carbocycles. The Morgan fingerprint density at radius 3 is 2.45 bits per heavy atom. The second-order valence-corrected chi connectivity index (χ2v) is 7.39. The summed E-state index contributed by atoms with van der Waals surface area (Å²) in [5, 5.41) is 20.0. The van der Waals surface area contributed by atoms with E-state index in [1.165, 1.54) is 0 Å². The molecule has 1 heterocycles. The number of alkyl halides is 3. The first-order valence-electron chi connectivity index (χ1n) is 9.71. The molecule has 0 spiro atoms. The van der Waals surface area contributed by atoms with E-state index < -0.39 is 23.8 Å². The third-order valence-electron chi connectivity index (χ3n) is 5.38. The summed E-state index contributed by atoms with van der Waals surface area (Å²) in [6.07, 6.45) is -4.66. The third kappa shape index (κ3) is 4.14. The summed E-state index contributed by atoms with van der Waals surface area (Å²) in [6, 6.07) is 15.0. The van der Waals surface area contributed by atoms with Gasteiger partial charge in [-0.15, -0.1) is 0 Å². The van der Waals surface area contributed by atoms with E-state index in [-0.39, 0.29) is 17.7 Å². The van der Waals surface area contributed by atoms with E-state index in [4.69, 9.17) is 4.74 Å². The van der Waals surface area contributed by atoms with E-state index >= 15 is 0 Å². The van der Waals surface area contributed by atoms with Crippen LogP contribution in [0.3, 0.4) is 0 Å². The number of hydrogen-bond acceptors (Lipinski definition) is 3. The Morgan fingerprint density at radius 2 is 1.77 bits per heavy atom. The fourth-order valence-corrected chi connectivity index (χ4v) is 3.86. The quantitative estimate of drug-likeness (QED) is 0.578. The molecule has 1 unspecified atom stereocenters. The SMILES string of the molecule is O=C(O)c1ccc(C(F)(F)F)cc1-c1ccc2c(c1Cc1ccccc1)OCCC2O. The van der Waals surface area contributed by atoms with Gasteiger partial charge in [0.15, 0.2) is 0 Å².